The Bertz CT molecular complexity index is 295. The molecule has 0 saturated heterocycles. The lowest BCUT2D eigenvalue weighted by atomic mass is 10.2. The molecule has 3 nitrogen and oxygen atoms in total. The van der Waals surface area contributed by atoms with E-state index in [-0.39, 0.29) is 18.7 Å². The molecule has 0 aliphatic heterocycles. The topological polar surface area (TPSA) is 46.5 Å². The number of ether oxygens (including phenoxy) is 1. The zero-order valence-electron chi connectivity index (χ0n) is 8.85. The molecule has 1 unspecified atom stereocenters. The van der Waals surface area contributed by atoms with Gasteiger partial charge in [0.25, 0.3) is 0 Å². The highest BCUT2D eigenvalue weighted by Gasteiger charge is 2.10. The molecule has 1 N–H and O–H groups in total. The second-order valence-electron chi connectivity index (χ2n) is 3.45. The van der Waals surface area contributed by atoms with Crippen LogP contribution in [0.15, 0.2) is 30.3 Å². The number of aliphatic hydroxyl groups excluding tert-OH is 1. The molecule has 0 fully saturated rings. The van der Waals surface area contributed by atoms with E-state index in [4.69, 9.17) is 9.84 Å². The Balaban J connectivity index is 2.42. The van der Waals surface area contributed by atoms with Crippen molar-refractivity contribution in [2.24, 2.45) is 0 Å². The van der Waals surface area contributed by atoms with Crippen LogP contribution in [0.25, 0.3) is 0 Å². The Morgan fingerprint density at radius 2 is 2.07 bits per heavy atom. The van der Waals surface area contributed by atoms with Crippen molar-refractivity contribution in [3.63, 3.8) is 0 Å². The predicted octanol–water partition coefficient (Wildman–Crippen LogP) is 2.00. The summed E-state index contributed by atoms with van der Waals surface area (Å²) >= 11 is 0. The lowest BCUT2D eigenvalue weighted by molar-refractivity contribution is 0.0310. The van der Waals surface area contributed by atoms with Gasteiger partial charge in [0.2, 0.25) is 0 Å². The van der Waals surface area contributed by atoms with Gasteiger partial charge in [-0.05, 0) is 31.9 Å². The van der Waals surface area contributed by atoms with Crippen LogP contribution in [0.1, 0.15) is 30.1 Å². The van der Waals surface area contributed by atoms with Crippen molar-refractivity contribution in [3.05, 3.63) is 35.9 Å². The molecule has 82 valence electrons. The monoisotopic (exact) mass is 208 g/mol. The average molecular weight is 208 g/mol. The van der Waals surface area contributed by atoms with Crippen molar-refractivity contribution in [1.82, 2.24) is 0 Å². The first-order valence-electron chi connectivity index (χ1n) is 5.11. The summed E-state index contributed by atoms with van der Waals surface area (Å²) in [5.41, 5.74) is 0.563. The van der Waals surface area contributed by atoms with Crippen molar-refractivity contribution in [2.45, 2.75) is 25.9 Å². The van der Waals surface area contributed by atoms with Gasteiger partial charge in [0, 0.05) is 6.61 Å². The second kappa shape index (κ2) is 6.19. The summed E-state index contributed by atoms with van der Waals surface area (Å²) < 4.78 is 5.19. The minimum atomic E-state index is -0.305. The van der Waals surface area contributed by atoms with Gasteiger partial charge in [0.15, 0.2) is 0 Å². The van der Waals surface area contributed by atoms with Crippen molar-refractivity contribution < 1.29 is 14.6 Å². The number of benzene rings is 1. The molecule has 0 aromatic heterocycles. The first-order chi connectivity index (χ1) is 7.24. The predicted molar refractivity (Wildman–Crippen MR) is 57.6 cm³/mol. The second-order valence-corrected chi connectivity index (χ2v) is 3.45. The highest BCUT2D eigenvalue weighted by molar-refractivity contribution is 5.89. The van der Waals surface area contributed by atoms with Gasteiger partial charge >= 0.3 is 5.97 Å². The Morgan fingerprint density at radius 1 is 1.40 bits per heavy atom. The number of carbonyl (C=O) groups excluding carboxylic acids is 1. The van der Waals surface area contributed by atoms with Crippen LogP contribution in [0.2, 0.25) is 0 Å². The van der Waals surface area contributed by atoms with E-state index >= 15 is 0 Å². The van der Waals surface area contributed by atoms with Gasteiger partial charge in [-0.15, -0.1) is 0 Å². The van der Waals surface area contributed by atoms with Gasteiger partial charge in [-0.25, -0.2) is 4.79 Å². The van der Waals surface area contributed by atoms with E-state index in [0.29, 0.717) is 18.4 Å². The fourth-order valence-corrected chi connectivity index (χ4v) is 1.26. The van der Waals surface area contributed by atoms with E-state index in [1.165, 1.54) is 0 Å². The van der Waals surface area contributed by atoms with E-state index in [2.05, 4.69) is 0 Å². The van der Waals surface area contributed by atoms with Crippen LogP contribution < -0.4 is 0 Å². The molecule has 1 aromatic carbocycles. The summed E-state index contributed by atoms with van der Waals surface area (Å²) in [6.45, 7) is 1.96. The first-order valence-corrected chi connectivity index (χ1v) is 5.11. The van der Waals surface area contributed by atoms with Crippen LogP contribution in [0.5, 0.6) is 0 Å². The van der Waals surface area contributed by atoms with E-state index in [1.807, 2.05) is 13.0 Å². The fraction of sp³-hybridized carbons (Fsp3) is 0.417. The van der Waals surface area contributed by atoms with Crippen LogP contribution in [0.3, 0.4) is 0 Å². The zero-order valence-corrected chi connectivity index (χ0v) is 8.85. The molecule has 1 rings (SSSR count). The average Bonchev–Trinajstić information content (AvgIpc) is 2.27. The smallest absolute Gasteiger partial charge is 0.338 e. The number of carbonyl (C=O) groups is 1. The van der Waals surface area contributed by atoms with Crippen LogP contribution >= 0.6 is 0 Å². The van der Waals surface area contributed by atoms with E-state index in [0.717, 1.165) is 0 Å². The number of aliphatic hydroxyl groups is 1. The number of esters is 1. The SMILES string of the molecule is CC(CCCO)OC(=O)c1ccccc1. The van der Waals surface area contributed by atoms with Gasteiger partial charge in [-0.3, -0.25) is 0 Å². The molecular formula is C12H16O3. The summed E-state index contributed by atoms with van der Waals surface area (Å²) in [6, 6.07) is 8.90. The van der Waals surface area contributed by atoms with Gasteiger partial charge < -0.3 is 9.84 Å². The molecule has 0 bridgehead atoms. The van der Waals surface area contributed by atoms with Gasteiger partial charge in [-0.1, -0.05) is 18.2 Å². The van der Waals surface area contributed by atoms with Crippen LogP contribution in [0, 0.1) is 0 Å². The van der Waals surface area contributed by atoms with Gasteiger partial charge in [-0.2, -0.15) is 0 Å². The molecule has 1 aromatic rings. The molecule has 0 amide bonds. The maximum Gasteiger partial charge on any atom is 0.338 e. The lowest BCUT2D eigenvalue weighted by Crippen LogP contribution is -2.15. The molecule has 0 aliphatic carbocycles. The fourth-order valence-electron chi connectivity index (χ4n) is 1.26. The zero-order chi connectivity index (χ0) is 11.1. The molecule has 15 heavy (non-hydrogen) atoms. The number of hydrogen-bond donors (Lipinski definition) is 1. The minimum Gasteiger partial charge on any atom is -0.459 e. The molecule has 0 saturated carbocycles. The summed E-state index contributed by atoms with van der Waals surface area (Å²) in [5, 5.41) is 8.63. The first kappa shape index (κ1) is 11.7. The Kier molecular flexibility index (Phi) is 4.84. The lowest BCUT2D eigenvalue weighted by Gasteiger charge is -2.12. The summed E-state index contributed by atoms with van der Waals surface area (Å²) in [7, 11) is 0. The highest BCUT2D eigenvalue weighted by Crippen LogP contribution is 2.07. The van der Waals surface area contributed by atoms with Crippen LogP contribution in [0.4, 0.5) is 0 Å². The van der Waals surface area contributed by atoms with E-state index in [1.54, 1.807) is 24.3 Å². The molecule has 1 atom stereocenters. The van der Waals surface area contributed by atoms with Crippen molar-refractivity contribution in [3.8, 4) is 0 Å². The third kappa shape index (κ3) is 4.13. The van der Waals surface area contributed by atoms with Crippen molar-refractivity contribution in [1.29, 1.82) is 0 Å². The van der Waals surface area contributed by atoms with Crippen LogP contribution in [-0.4, -0.2) is 23.8 Å². The molecule has 0 radical (unpaired) electrons. The number of hydrogen-bond acceptors (Lipinski definition) is 3. The largest absolute Gasteiger partial charge is 0.459 e. The van der Waals surface area contributed by atoms with Crippen molar-refractivity contribution >= 4 is 5.97 Å². The molecular weight excluding hydrogens is 192 g/mol. The maximum atomic E-state index is 11.5. The molecule has 3 heteroatoms. The molecule has 0 aliphatic rings. The van der Waals surface area contributed by atoms with Crippen LogP contribution in [-0.2, 0) is 4.74 Å². The molecule has 0 heterocycles. The van der Waals surface area contributed by atoms with Gasteiger partial charge in [0.05, 0.1) is 11.7 Å². The number of rotatable bonds is 5. The summed E-state index contributed by atoms with van der Waals surface area (Å²) in [6.07, 6.45) is 1.20. The van der Waals surface area contributed by atoms with Gasteiger partial charge in [0.1, 0.15) is 0 Å². The Labute approximate surface area is 89.7 Å². The Morgan fingerprint density at radius 3 is 2.67 bits per heavy atom. The minimum absolute atomic E-state index is 0.132. The standard InChI is InChI=1S/C12H16O3/c1-10(6-5-9-13)15-12(14)11-7-3-2-4-8-11/h2-4,7-8,10,13H,5-6,9H2,1H3. The normalized spacial score (nSPS) is 12.1. The quantitative estimate of drug-likeness (QED) is 0.753. The summed E-state index contributed by atoms with van der Waals surface area (Å²) in [4.78, 5) is 11.5. The van der Waals surface area contributed by atoms with Crippen molar-refractivity contribution in [2.75, 3.05) is 6.61 Å². The third-order valence-electron chi connectivity index (χ3n) is 2.09. The third-order valence-corrected chi connectivity index (χ3v) is 2.09. The molecule has 0 spiro atoms. The summed E-state index contributed by atoms with van der Waals surface area (Å²) in [5.74, 6) is -0.305. The Hall–Kier alpha value is -1.35. The maximum absolute atomic E-state index is 11.5. The van der Waals surface area contributed by atoms with E-state index < -0.39 is 0 Å². The van der Waals surface area contributed by atoms with E-state index in [9.17, 15) is 4.79 Å². The highest BCUT2D eigenvalue weighted by atomic mass is 16.5.